The fourth-order valence-electron chi connectivity index (χ4n) is 0.538. The van der Waals surface area contributed by atoms with Crippen LogP contribution < -0.4 is 0 Å². The summed E-state index contributed by atoms with van der Waals surface area (Å²) in [7, 11) is -1.47. The molecule has 0 fully saturated rings. The second-order valence-electron chi connectivity index (χ2n) is 2.36. The number of halogens is 2. The zero-order chi connectivity index (χ0) is 8.15. The van der Waals surface area contributed by atoms with Gasteiger partial charge in [0, 0.05) is 6.42 Å². The monoisotopic (exact) mass is 152 g/mol. The molecule has 0 aromatic carbocycles. The van der Waals surface area contributed by atoms with Gasteiger partial charge in [0.05, 0.1) is 0 Å². The Balaban J connectivity index is 3.30. The average Bonchev–Trinajstić information content (AvgIpc) is 1.82. The first kappa shape index (κ1) is 9.84. The molecule has 1 atom stereocenters. The maximum atomic E-state index is 11.5. The van der Waals surface area contributed by atoms with Crippen molar-refractivity contribution in [3.63, 3.8) is 0 Å². The molecule has 0 aromatic rings. The molecule has 0 bridgehead atoms. The Bertz CT molecular complexity index is 89.7. The van der Waals surface area contributed by atoms with Gasteiger partial charge in [-0.05, 0) is 12.2 Å². The van der Waals surface area contributed by atoms with Crippen molar-refractivity contribution in [2.45, 2.75) is 32.0 Å². The van der Waals surface area contributed by atoms with Crippen LogP contribution in [0, 0.1) is 0 Å². The van der Waals surface area contributed by atoms with Gasteiger partial charge in [-0.1, -0.05) is 6.92 Å². The highest BCUT2D eigenvalue weighted by Gasteiger charge is 2.18. The van der Waals surface area contributed by atoms with Crippen LogP contribution in [0.3, 0.4) is 0 Å². The van der Waals surface area contributed by atoms with Crippen LogP contribution in [0.15, 0.2) is 0 Å². The lowest BCUT2D eigenvalue weighted by molar-refractivity contribution is 0.133. The van der Waals surface area contributed by atoms with Crippen molar-refractivity contribution in [3.8, 4) is 0 Å². The Morgan fingerprint density at radius 2 is 1.80 bits per heavy atom. The number of hydrogen-bond acceptors (Lipinski definition) is 2. The first-order chi connectivity index (χ1) is 4.54. The second kappa shape index (κ2) is 4.63. The number of rotatable bonds is 4. The van der Waals surface area contributed by atoms with Crippen LogP contribution in [0.1, 0.15) is 19.8 Å². The lowest BCUT2D eigenvalue weighted by Crippen LogP contribution is -2.18. The van der Waals surface area contributed by atoms with Crippen molar-refractivity contribution in [1.82, 2.24) is 0 Å². The SMILES string of the molecule is CC(CCC(F)F)B(O)O. The molecule has 0 aliphatic heterocycles. The van der Waals surface area contributed by atoms with Gasteiger partial charge in [-0.15, -0.1) is 0 Å². The van der Waals surface area contributed by atoms with E-state index in [0.717, 1.165) is 0 Å². The molecule has 0 aromatic heterocycles. The topological polar surface area (TPSA) is 40.5 Å². The summed E-state index contributed by atoms with van der Waals surface area (Å²) in [4.78, 5) is 0. The Morgan fingerprint density at radius 3 is 2.10 bits per heavy atom. The summed E-state index contributed by atoms with van der Waals surface area (Å²) in [6.45, 7) is 1.52. The van der Waals surface area contributed by atoms with Gasteiger partial charge in [0.15, 0.2) is 0 Å². The molecule has 1 unspecified atom stereocenters. The van der Waals surface area contributed by atoms with E-state index in [0.29, 0.717) is 0 Å². The third-order valence-corrected chi connectivity index (χ3v) is 1.35. The quantitative estimate of drug-likeness (QED) is 0.587. The summed E-state index contributed by atoms with van der Waals surface area (Å²) < 4.78 is 23.0. The lowest BCUT2D eigenvalue weighted by atomic mass is 9.72. The van der Waals surface area contributed by atoms with Crippen LogP contribution in [0.25, 0.3) is 0 Å². The predicted octanol–water partition coefficient (Wildman–Crippen LogP) is 0.895. The second-order valence-corrected chi connectivity index (χ2v) is 2.36. The summed E-state index contributed by atoms with van der Waals surface area (Å²) in [6, 6.07) is 0. The number of hydrogen-bond donors (Lipinski definition) is 2. The minimum Gasteiger partial charge on any atom is -0.427 e. The molecule has 0 radical (unpaired) electrons. The van der Waals surface area contributed by atoms with E-state index in [1.165, 1.54) is 6.92 Å². The zero-order valence-electron chi connectivity index (χ0n) is 5.80. The molecule has 2 nitrogen and oxygen atoms in total. The van der Waals surface area contributed by atoms with Crippen LogP contribution in [0.5, 0.6) is 0 Å². The first-order valence-corrected chi connectivity index (χ1v) is 3.18. The van der Waals surface area contributed by atoms with Crippen molar-refractivity contribution < 1.29 is 18.8 Å². The van der Waals surface area contributed by atoms with Crippen molar-refractivity contribution in [2.75, 3.05) is 0 Å². The van der Waals surface area contributed by atoms with Crippen molar-refractivity contribution in [2.24, 2.45) is 0 Å². The van der Waals surface area contributed by atoms with Gasteiger partial charge in [-0.2, -0.15) is 0 Å². The Hall–Kier alpha value is -0.155. The smallest absolute Gasteiger partial charge is 0.427 e. The molecule has 60 valence electrons. The van der Waals surface area contributed by atoms with Crippen LogP contribution in [0.4, 0.5) is 8.78 Å². The summed E-state index contributed by atoms with van der Waals surface area (Å²) in [5, 5.41) is 16.9. The first-order valence-electron chi connectivity index (χ1n) is 3.18. The standard InChI is InChI=1S/C5H11BF2O2/c1-4(6(9)10)2-3-5(7)8/h4-5,9-10H,2-3H2,1H3. The third-order valence-electron chi connectivity index (χ3n) is 1.35. The summed E-state index contributed by atoms with van der Waals surface area (Å²) >= 11 is 0. The van der Waals surface area contributed by atoms with E-state index in [1.54, 1.807) is 0 Å². The maximum absolute atomic E-state index is 11.5. The van der Waals surface area contributed by atoms with E-state index >= 15 is 0 Å². The predicted molar refractivity (Wildman–Crippen MR) is 34.9 cm³/mol. The highest BCUT2D eigenvalue weighted by molar-refractivity contribution is 6.42. The highest BCUT2D eigenvalue weighted by Crippen LogP contribution is 2.16. The van der Waals surface area contributed by atoms with Gasteiger partial charge in [-0.25, -0.2) is 8.78 Å². The lowest BCUT2D eigenvalue weighted by Gasteiger charge is -2.07. The van der Waals surface area contributed by atoms with Gasteiger partial charge in [-0.3, -0.25) is 0 Å². The minimum atomic E-state index is -2.35. The van der Waals surface area contributed by atoms with Crippen molar-refractivity contribution >= 4 is 7.12 Å². The Kier molecular flexibility index (Phi) is 4.56. The minimum absolute atomic E-state index is 0.148. The molecule has 0 rings (SSSR count). The fourth-order valence-corrected chi connectivity index (χ4v) is 0.538. The molecule has 0 heterocycles. The molecule has 0 aliphatic rings. The Morgan fingerprint density at radius 1 is 1.30 bits per heavy atom. The van der Waals surface area contributed by atoms with E-state index in [2.05, 4.69) is 0 Å². The summed E-state index contributed by atoms with van der Waals surface area (Å²) in [6.07, 6.45) is -2.46. The van der Waals surface area contributed by atoms with Crippen molar-refractivity contribution in [1.29, 1.82) is 0 Å². The molecule has 0 saturated carbocycles. The van der Waals surface area contributed by atoms with E-state index in [-0.39, 0.29) is 12.8 Å². The van der Waals surface area contributed by atoms with Crippen molar-refractivity contribution in [3.05, 3.63) is 0 Å². The maximum Gasteiger partial charge on any atom is 0.454 e. The average molecular weight is 152 g/mol. The highest BCUT2D eigenvalue weighted by atomic mass is 19.3. The van der Waals surface area contributed by atoms with Gasteiger partial charge < -0.3 is 10.0 Å². The molecule has 10 heavy (non-hydrogen) atoms. The molecular formula is C5H11BF2O2. The van der Waals surface area contributed by atoms with Gasteiger partial charge in [0.1, 0.15) is 0 Å². The van der Waals surface area contributed by atoms with E-state index in [9.17, 15) is 8.78 Å². The molecule has 0 saturated heterocycles. The van der Waals surface area contributed by atoms with E-state index < -0.39 is 19.4 Å². The van der Waals surface area contributed by atoms with Gasteiger partial charge in [0.25, 0.3) is 0 Å². The molecule has 0 aliphatic carbocycles. The van der Waals surface area contributed by atoms with Crippen LogP contribution in [-0.2, 0) is 0 Å². The molecule has 2 N–H and O–H groups in total. The van der Waals surface area contributed by atoms with E-state index in [4.69, 9.17) is 10.0 Å². The van der Waals surface area contributed by atoms with Crippen LogP contribution in [-0.4, -0.2) is 23.6 Å². The molecule has 0 amide bonds. The van der Waals surface area contributed by atoms with Crippen LogP contribution >= 0.6 is 0 Å². The fraction of sp³-hybridized carbons (Fsp3) is 1.00. The van der Waals surface area contributed by atoms with E-state index in [1.807, 2.05) is 0 Å². The molecule has 0 spiro atoms. The number of alkyl halides is 2. The molecular weight excluding hydrogens is 141 g/mol. The molecule has 5 heteroatoms. The largest absolute Gasteiger partial charge is 0.454 e. The normalized spacial score (nSPS) is 13.8. The Labute approximate surface area is 59.0 Å². The third kappa shape index (κ3) is 4.70. The van der Waals surface area contributed by atoms with Crippen LogP contribution in [0.2, 0.25) is 5.82 Å². The van der Waals surface area contributed by atoms with Gasteiger partial charge in [0.2, 0.25) is 6.43 Å². The van der Waals surface area contributed by atoms with Gasteiger partial charge >= 0.3 is 7.12 Å². The zero-order valence-corrected chi connectivity index (χ0v) is 5.80. The summed E-state index contributed by atoms with van der Waals surface area (Å²) in [5.74, 6) is -0.464. The summed E-state index contributed by atoms with van der Waals surface area (Å²) in [5.41, 5.74) is 0.